The molecule has 0 N–H and O–H groups in total. The van der Waals surface area contributed by atoms with Crippen LogP contribution in [0.15, 0.2) is 33.6 Å². The average molecular weight is 405 g/mol. The zero-order valence-corrected chi connectivity index (χ0v) is 17.3. The third-order valence-electron chi connectivity index (χ3n) is 3.41. The average Bonchev–Trinajstić information content (AvgIpc) is 2.35. The molecule has 3 nitrogen and oxygen atoms in total. The molecule has 0 aromatic heterocycles. The minimum atomic E-state index is -3.28. The highest BCUT2D eigenvalue weighted by Gasteiger charge is 2.27. The van der Waals surface area contributed by atoms with E-state index in [9.17, 15) is 8.42 Å². The van der Waals surface area contributed by atoms with Crippen LogP contribution in [0.2, 0.25) is 0 Å². The summed E-state index contributed by atoms with van der Waals surface area (Å²) in [5.41, 5.74) is -0.105. The molecular formula is C18H29BrO3S. The molecule has 0 aliphatic heterocycles. The molecule has 5 heteroatoms. The van der Waals surface area contributed by atoms with Crippen LogP contribution < -0.4 is 0 Å². The van der Waals surface area contributed by atoms with Crippen molar-refractivity contribution in [3.05, 3.63) is 28.7 Å². The van der Waals surface area contributed by atoms with Gasteiger partial charge in [-0.1, -0.05) is 56.6 Å². The second-order valence-electron chi connectivity index (χ2n) is 8.10. The molecule has 0 fully saturated rings. The van der Waals surface area contributed by atoms with Crippen molar-refractivity contribution >= 4 is 25.8 Å². The Balaban J connectivity index is 2.54. The molecule has 23 heavy (non-hydrogen) atoms. The Morgan fingerprint density at radius 1 is 1.13 bits per heavy atom. The Hall–Kier alpha value is -0.390. The van der Waals surface area contributed by atoms with Gasteiger partial charge in [-0.2, -0.15) is 0 Å². The van der Waals surface area contributed by atoms with Crippen molar-refractivity contribution in [2.45, 2.75) is 52.4 Å². The molecule has 0 aliphatic carbocycles. The molecule has 0 bridgehead atoms. The van der Waals surface area contributed by atoms with Crippen molar-refractivity contribution in [3.8, 4) is 0 Å². The van der Waals surface area contributed by atoms with Gasteiger partial charge in [-0.25, -0.2) is 8.42 Å². The van der Waals surface area contributed by atoms with Crippen molar-refractivity contribution in [2.24, 2.45) is 10.8 Å². The quantitative estimate of drug-likeness (QED) is 0.566. The molecule has 0 unspecified atom stereocenters. The zero-order chi connectivity index (χ0) is 17.7. The SMILES string of the molecule is CC(C)(C)COCCCC(C)(C)CS(=O)(=O)c1cccc(Br)c1. The first-order valence-corrected chi connectivity index (χ1v) is 10.4. The highest BCUT2D eigenvalue weighted by atomic mass is 79.9. The molecule has 0 heterocycles. The predicted molar refractivity (Wildman–Crippen MR) is 99.5 cm³/mol. The first-order chi connectivity index (χ1) is 10.4. The summed E-state index contributed by atoms with van der Waals surface area (Å²) in [5.74, 6) is 0.149. The predicted octanol–water partition coefficient (Wildman–Crippen LogP) is 5.09. The molecule has 132 valence electrons. The summed E-state index contributed by atoms with van der Waals surface area (Å²) in [6, 6.07) is 6.90. The number of ether oxygens (including phenoxy) is 1. The largest absolute Gasteiger partial charge is 0.381 e. The molecule has 1 aromatic rings. The molecule has 0 amide bonds. The Labute approximate surface area is 149 Å². The van der Waals surface area contributed by atoms with Gasteiger partial charge in [0.05, 0.1) is 17.3 Å². The normalized spacial score (nSPS) is 13.3. The lowest BCUT2D eigenvalue weighted by Gasteiger charge is -2.25. The van der Waals surface area contributed by atoms with E-state index < -0.39 is 9.84 Å². The molecular weight excluding hydrogens is 376 g/mol. The van der Waals surface area contributed by atoms with Gasteiger partial charge in [0.1, 0.15) is 0 Å². The molecule has 0 atom stereocenters. The van der Waals surface area contributed by atoms with Crippen molar-refractivity contribution in [3.63, 3.8) is 0 Å². The van der Waals surface area contributed by atoms with E-state index in [0.717, 1.165) is 23.9 Å². The van der Waals surface area contributed by atoms with E-state index in [1.807, 2.05) is 19.9 Å². The summed E-state index contributed by atoms with van der Waals surface area (Å²) in [6.07, 6.45) is 1.70. The molecule has 0 radical (unpaired) electrons. The molecule has 0 saturated heterocycles. The number of hydrogen-bond acceptors (Lipinski definition) is 3. The van der Waals surface area contributed by atoms with E-state index in [1.165, 1.54) is 0 Å². The summed E-state index contributed by atoms with van der Waals surface area (Å²) < 4.78 is 31.6. The van der Waals surface area contributed by atoms with Crippen molar-refractivity contribution in [2.75, 3.05) is 19.0 Å². The third-order valence-corrected chi connectivity index (χ3v) is 6.04. The van der Waals surface area contributed by atoms with Crippen LogP contribution in [0.1, 0.15) is 47.5 Å². The van der Waals surface area contributed by atoms with Crippen molar-refractivity contribution < 1.29 is 13.2 Å². The van der Waals surface area contributed by atoms with Gasteiger partial charge in [0.2, 0.25) is 0 Å². The van der Waals surface area contributed by atoms with Crippen LogP contribution in [-0.4, -0.2) is 27.4 Å². The summed E-state index contributed by atoms with van der Waals surface area (Å²) in [7, 11) is -3.28. The van der Waals surface area contributed by atoms with Crippen LogP contribution in [0.4, 0.5) is 0 Å². The minimum Gasteiger partial charge on any atom is -0.381 e. The third kappa shape index (κ3) is 8.32. The van der Waals surface area contributed by atoms with Gasteiger partial charge in [0.25, 0.3) is 0 Å². The van der Waals surface area contributed by atoms with Gasteiger partial charge in [0, 0.05) is 11.1 Å². The molecule has 1 aromatic carbocycles. The molecule has 0 spiro atoms. The standard InChI is InChI=1S/C18H29BrO3S/c1-17(2,3)13-22-11-7-10-18(4,5)14-23(20,21)16-9-6-8-15(19)12-16/h6,8-9,12H,7,10-11,13-14H2,1-5H3. The Morgan fingerprint density at radius 2 is 1.78 bits per heavy atom. The van der Waals surface area contributed by atoms with E-state index in [0.29, 0.717) is 11.5 Å². The van der Waals surface area contributed by atoms with Crippen molar-refractivity contribution in [1.29, 1.82) is 0 Å². The molecule has 1 rings (SSSR count). The van der Waals surface area contributed by atoms with E-state index in [1.54, 1.807) is 18.2 Å². The summed E-state index contributed by atoms with van der Waals surface area (Å²) >= 11 is 3.33. The monoisotopic (exact) mass is 404 g/mol. The van der Waals surface area contributed by atoms with Gasteiger partial charge in [-0.3, -0.25) is 0 Å². The fourth-order valence-corrected chi connectivity index (χ4v) is 4.84. The topological polar surface area (TPSA) is 43.4 Å². The van der Waals surface area contributed by atoms with Crippen LogP contribution >= 0.6 is 15.9 Å². The van der Waals surface area contributed by atoms with Crippen molar-refractivity contribution in [1.82, 2.24) is 0 Å². The van der Waals surface area contributed by atoms with Gasteiger partial charge in [0.15, 0.2) is 9.84 Å². The van der Waals surface area contributed by atoms with E-state index >= 15 is 0 Å². The Morgan fingerprint density at radius 3 is 2.35 bits per heavy atom. The lowest BCUT2D eigenvalue weighted by atomic mass is 9.90. The lowest BCUT2D eigenvalue weighted by molar-refractivity contribution is 0.0649. The van der Waals surface area contributed by atoms with Crippen LogP contribution in [0.3, 0.4) is 0 Å². The van der Waals surface area contributed by atoms with Crippen LogP contribution in [0.5, 0.6) is 0 Å². The van der Waals surface area contributed by atoms with Gasteiger partial charge < -0.3 is 4.74 Å². The maximum atomic E-state index is 12.6. The number of rotatable bonds is 8. The first kappa shape index (κ1) is 20.7. The van der Waals surface area contributed by atoms with E-state index in [-0.39, 0.29) is 16.6 Å². The van der Waals surface area contributed by atoms with Crippen LogP contribution in [-0.2, 0) is 14.6 Å². The first-order valence-electron chi connectivity index (χ1n) is 7.97. The zero-order valence-electron chi connectivity index (χ0n) is 14.9. The Bertz CT molecular complexity index is 601. The Kier molecular flexibility index (Phi) is 7.30. The number of halogens is 1. The lowest BCUT2D eigenvalue weighted by Crippen LogP contribution is -2.25. The maximum absolute atomic E-state index is 12.6. The summed E-state index contributed by atoms with van der Waals surface area (Å²) in [4.78, 5) is 0.379. The van der Waals surface area contributed by atoms with Gasteiger partial charge in [-0.15, -0.1) is 0 Å². The molecule has 0 aliphatic rings. The fourth-order valence-electron chi connectivity index (χ4n) is 2.36. The number of sulfone groups is 1. The molecule has 0 saturated carbocycles. The van der Waals surface area contributed by atoms with Crippen LogP contribution in [0, 0.1) is 10.8 Å². The second kappa shape index (κ2) is 8.13. The summed E-state index contributed by atoms with van der Waals surface area (Å²) in [5, 5.41) is 0. The maximum Gasteiger partial charge on any atom is 0.178 e. The highest BCUT2D eigenvalue weighted by Crippen LogP contribution is 2.28. The highest BCUT2D eigenvalue weighted by molar-refractivity contribution is 9.10. The number of benzene rings is 1. The summed E-state index contributed by atoms with van der Waals surface area (Å²) in [6.45, 7) is 11.8. The van der Waals surface area contributed by atoms with Crippen LogP contribution in [0.25, 0.3) is 0 Å². The second-order valence-corrected chi connectivity index (χ2v) is 11.0. The van der Waals surface area contributed by atoms with Gasteiger partial charge >= 0.3 is 0 Å². The number of hydrogen-bond donors (Lipinski definition) is 0. The van der Waals surface area contributed by atoms with E-state index in [2.05, 4.69) is 36.7 Å². The van der Waals surface area contributed by atoms with E-state index in [4.69, 9.17) is 4.74 Å². The fraction of sp³-hybridized carbons (Fsp3) is 0.667. The smallest absolute Gasteiger partial charge is 0.178 e. The minimum absolute atomic E-state index is 0.149. The van der Waals surface area contributed by atoms with Gasteiger partial charge in [-0.05, 0) is 41.9 Å².